The Morgan fingerprint density at radius 1 is 1.04 bits per heavy atom. The van der Waals surface area contributed by atoms with E-state index in [0.29, 0.717) is 13.0 Å². The summed E-state index contributed by atoms with van der Waals surface area (Å²) in [6.45, 7) is 5.85. The number of alkyl halides is 7. The molecule has 0 bridgehead atoms. The van der Waals surface area contributed by atoms with Gasteiger partial charge in [0.05, 0.1) is 0 Å². The van der Waals surface area contributed by atoms with Crippen molar-refractivity contribution >= 4 is 10.1 Å². The van der Waals surface area contributed by atoms with Crippen molar-refractivity contribution < 1.29 is 43.7 Å². The van der Waals surface area contributed by atoms with Crippen molar-refractivity contribution in [3.8, 4) is 0 Å². The van der Waals surface area contributed by atoms with Gasteiger partial charge in [-0.15, -0.1) is 6.58 Å². The quantitative estimate of drug-likeness (QED) is 0.197. The fourth-order valence-electron chi connectivity index (χ4n) is 1.84. The summed E-state index contributed by atoms with van der Waals surface area (Å²) in [7, 11) is -6.84. The Labute approximate surface area is 154 Å². The SMILES string of the molecule is C=CCN.CCCCCCCCC(F)C(F)(F)C(F)(F)C(F)(F)S(=O)(=O)O. The Kier molecular flexibility index (Phi) is 12.4. The van der Waals surface area contributed by atoms with Crippen molar-refractivity contribution in [1.29, 1.82) is 0 Å². The zero-order chi connectivity index (χ0) is 21.9. The Balaban J connectivity index is 0. The smallest absolute Gasteiger partial charge is 0.327 e. The maximum Gasteiger partial charge on any atom is 0.438 e. The average Bonchev–Trinajstić information content (AvgIpc) is 2.56. The van der Waals surface area contributed by atoms with Gasteiger partial charge in [0.15, 0.2) is 6.17 Å². The monoisotopic (exact) mass is 433 g/mol. The summed E-state index contributed by atoms with van der Waals surface area (Å²) in [5.74, 6) is -12.5. The van der Waals surface area contributed by atoms with Crippen molar-refractivity contribution in [3.63, 3.8) is 0 Å². The number of hydrogen-bond acceptors (Lipinski definition) is 3. The van der Waals surface area contributed by atoms with Gasteiger partial charge in [-0.3, -0.25) is 4.55 Å². The molecular formula is C15H26F7NO3S. The molecule has 164 valence electrons. The Hall–Kier alpha value is -0.880. The van der Waals surface area contributed by atoms with Crippen LogP contribution in [0.25, 0.3) is 0 Å². The second-order valence-electron chi connectivity index (χ2n) is 5.74. The molecule has 0 amide bonds. The molecule has 27 heavy (non-hydrogen) atoms. The fraction of sp³-hybridized carbons (Fsp3) is 0.867. The van der Waals surface area contributed by atoms with Crippen LogP contribution >= 0.6 is 0 Å². The first-order chi connectivity index (χ1) is 12.1. The van der Waals surface area contributed by atoms with E-state index < -0.39 is 39.8 Å². The Morgan fingerprint density at radius 3 is 1.81 bits per heavy atom. The normalized spacial score (nSPS) is 14.3. The van der Waals surface area contributed by atoms with E-state index in [9.17, 15) is 39.2 Å². The number of unbranched alkanes of at least 4 members (excludes halogenated alkanes) is 5. The molecule has 0 saturated carbocycles. The van der Waals surface area contributed by atoms with E-state index >= 15 is 0 Å². The Bertz CT molecular complexity index is 528. The lowest BCUT2D eigenvalue weighted by atomic mass is 10.0. The van der Waals surface area contributed by atoms with Gasteiger partial charge < -0.3 is 5.73 Å². The summed E-state index contributed by atoms with van der Waals surface area (Å²) < 4.78 is 120. The molecule has 0 fully saturated rings. The van der Waals surface area contributed by atoms with Gasteiger partial charge >= 0.3 is 27.2 Å². The molecule has 0 radical (unpaired) electrons. The van der Waals surface area contributed by atoms with E-state index in [4.69, 9.17) is 10.3 Å². The first-order valence-corrected chi connectivity index (χ1v) is 9.64. The molecule has 0 aromatic heterocycles. The summed E-state index contributed by atoms with van der Waals surface area (Å²) in [5.41, 5.74) is 4.91. The van der Waals surface area contributed by atoms with Crippen LogP contribution in [0.5, 0.6) is 0 Å². The number of halogens is 7. The van der Waals surface area contributed by atoms with Crippen LogP contribution in [0.1, 0.15) is 51.9 Å². The second-order valence-corrected chi connectivity index (χ2v) is 7.20. The van der Waals surface area contributed by atoms with Crippen LogP contribution in [0.3, 0.4) is 0 Å². The number of nitrogens with two attached hydrogens (primary N) is 1. The van der Waals surface area contributed by atoms with E-state index in [0.717, 1.165) is 19.3 Å². The van der Waals surface area contributed by atoms with Crippen molar-refractivity contribution in [3.05, 3.63) is 12.7 Å². The van der Waals surface area contributed by atoms with Crippen LogP contribution in [0, 0.1) is 0 Å². The Morgan fingerprint density at radius 2 is 1.44 bits per heavy atom. The lowest BCUT2D eigenvalue weighted by molar-refractivity contribution is -0.300. The molecule has 4 nitrogen and oxygen atoms in total. The first-order valence-electron chi connectivity index (χ1n) is 8.20. The molecule has 0 rings (SSSR count). The van der Waals surface area contributed by atoms with Gasteiger partial charge in [-0.25, -0.2) is 4.39 Å². The highest BCUT2D eigenvalue weighted by atomic mass is 32.2. The van der Waals surface area contributed by atoms with Gasteiger partial charge in [0.25, 0.3) is 0 Å². The summed E-state index contributed by atoms with van der Waals surface area (Å²) in [6, 6.07) is 0. The van der Waals surface area contributed by atoms with Crippen LogP contribution in [-0.2, 0) is 10.1 Å². The maximum atomic E-state index is 13.3. The minimum Gasteiger partial charge on any atom is -0.327 e. The van der Waals surface area contributed by atoms with Crippen molar-refractivity contribution in [1.82, 2.24) is 0 Å². The fourth-order valence-corrected chi connectivity index (χ4v) is 2.30. The van der Waals surface area contributed by atoms with Crippen molar-refractivity contribution in [2.24, 2.45) is 5.73 Å². The molecule has 0 aromatic rings. The van der Waals surface area contributed by atoms with Crippen LogP contribution in [0.15, 0.2) is 12.7 Å². The van der Waals surface area contributed by atoms with Crippen molar-refractivity contribution in [2.45, 2.75) is 75.1 Å². The molecule has 0 aliphatic carbocycles. The molecule has 0 aromatic carbocycles. The largest absolute Gasteiger partial charge is 0.438 e. The number of hydrogen-bond donors (Lipinski definition) is 2. The molecule has 0 aliphatic heterocycles. The summed E-state index contributed by atoms with van der Waals surface area (Å²) in [4.78, 5) is 0. The summed E-state index contributed by atoms with van der Waals surface area (Å²) in [6.07, 6.45) is -0.114. The van der Waals surface area contributed by atoms with Gasteiger partial charge in [-0.05, 0) is 6.42 Å². The van der Waals surface area contributed by atoms with Gasteiger partial charge in [0.1, 0.15) is 0 Å². The third-order valence-corrected chi connectivity index (χ3v) is 4.38. The zero-order valence-electron chi connectivity index (χ0n) is 14.9. The molecule has 0 saturated heterocycles. The average molecular weight is 433 g/mol. The molecule has 3 N–H and O–H groups in total. The van der Waals surface area contributed by atoms with Crippen molar-refractivity contribution in [2.75, 3.05) is 6.54 Å². The summed E-state index contributed by atoms with van der Waals surface area (Å²) >= 11 is 0. The third kappa shape index (κ3) is 7.94. The van der Waals surface area contributed by atoms with Gasteiger partial charge in [0.2, 0.25) is 0 Å². The molecule has 0 heterocycles. The predicted octanol–water partition coefficient (Wildman–Crippen LogP) is 4.96. The van der Waals surface area contributed by atoms with Crippen LogP contribution < -0.4 is 5.73 Å². The van der Waals surface area contributed by atoms with E-state index in [1.165, 1.54) is 0 Å². The first kappa shape index (κ1) is 28.3. The van der Waals surface area contributed by atoms with Gasteiger partial charge in [0, 0.05) is 6.54 Å². The minimum absolute atomic E-state index is 0.242. The highest BCUT2D eigenvalue weighted by Gasteiger charge is 2.79. The van der Waals surface area contributed by atoms with E-state index in [1.54, 1.807) is 6.08 Å². The van der Waals surface area contributed by atoms with Crippen LogP contribution in [-0.4, -0.2) is 42.8 Å². The third-order valence-electron chi connectivity index (χ3n) is 3.48. The lowest BCUT2D eigenvalue weighted by Crippen LogP contribution is -2.61. The molecule has 1 unspecified atom stereocenters. The van der Waals surface area contributed by atoms with E-state index in [2.05, 4.69) is 6.58 Å². The molecular weight excluding hydrogens is 407 g/mol. The maximum absolute atomic E-state index is 13.3. The van der Waals surface area contributed by atoms with E-state index in [-0.39, 0.29) is 12.8 Å². The van der Waals surface area contributed by atoms with Crippen LogP contribution in [0.4, 0.5) is 30.7 Å². The van der Waals surface area contributed by atoms with Gasteiger partial charge in [-0.2, -0.15) is 34.8 Å². The van der Waals surface area contributed by atoms with Gasteiger partial charge in [-0.1, -0.05) is 51.5 Å². The second kappa shape index (κ2) is 11.8. The standard InChI is InChI=1S/C12H19F7O3S.C3H7N/c1-2-3-4-5-6-7-8-9(13)10(14,15)11(16,17)12(18,19)23(20,21)22;1-2-3-4/h9H,2-8H2,1H3,(H,20,21,22);2H,1,3-4H2. The zero-order valence-corrected chi connectivity index (χ0v) is 15.7. The minimum atomic E-state index is -6.84. The highest BCUT2D eigenvalue weighted by Crippen LogP contribution is 2.50. The molecule has 12 heteroatoms. The molecule has 0 aliphatic rings. The molecule has 0 spiro atoms. The topological polar surface area (TPSA) is 80.4 Å². The van der Waals surface area contributed by atoms with Crippen LogP contribution in [0.2, 0.25) is 0 Å². The molecule has 1 atom stereocenters. The van der Waals surface area contributed by atoms with E-state index in [1.807, 2.05) is 6.92 Å². The highest BCUT2D eigenvalue weighted by molar-refractivity contribution is 7.87. The predicted molar refractivity (Wildman–Crippen MR) is 88.5 cm³/mol. The lowest BCUT2D eigenvalue weighted by Gasteiger charge is -2.32. The number of rotatable bonds is 12. The summed E-state index contributed by atoms with van der Waals surface area (Å²) in [5, 5.41) is -6.50.